The summed E-state index contributed by atoms with van der Waals surface area (Å²) in [4.78, 5) is 42.2. The van der Waals surface area contributed by atoms with Gasteiger partial charge in [-0.25, -0.2) is 14.6 Å². The van der Waals surface area contributed by atoms with E-state index in [-0.39, 0.29) is 12.1 Å². The van der Waals surface area contributed by atoms with Crippen molar-refractivity contribution >= 4 is 60.7 Å². The molecule has 3 aromatic carbocycles. The highest BCUT2D eigenvalue weighted by Crippen LogP contribution is 2.29. The number of imidazole rings is 1. The first kappa shape index (κ1) is 34.0. The van der Waals surface area contributed by atoms with Crippen LogP contribution in [0.2, 0.25) is 0 Å². The molecule has 49 heavy (non-hydrogen) atoms. The third-order valence-electron chi connectivity index (χ3n) is 9.98. The van der Waals surface area contributed by atoms with E-state index in [1.165, 1.54) is 25.9 Å². The lowest BCUT2D eigenvalue weighted by atomic mass is 10.0. The molecule has 1 atom stereocenters. The molecule has 0 saturated carbocycles. The number of halogens is 2. The Morgan fingerprint density at radius 2 is 1.71 bits per heavy atom. The first-order chi connectivity index (χ1) is 23.9. The maximum atomic E-state index is 13.6. The number of rotatable bonds is 10. The number of hydrogen-bond donors (Lipinski definition) is 2. The number of piperidine rings is 1. The molecule has 7 rings (SSSR count). The fourth-order valence-electron chi connectivity index (χ4n) is 7.43. The second-order valence-corrected chi connectivity index (χ2v) is 14.9. The molecular formula is C37H43Br2N7O3. The molecule has 12 heteroatoms. The van der Waals surface area contributed by atoms with Crippen LogP contribution in [-0.4, -0.2) is 81.8 Å². The molecule has 1 unspecified atom stereocenters. The van der Waals surface area contributed by atoms with Crippen molar-refractivity contribution in [2.24, 2.45) is 0 Å². The van der Waals surface area contributed by atoms with Gasteiger partial charge in [0.25, 0.3) is 0 Å². The summed E-state index contributed by atoms with van der Waals surface area (Å²) in [6, 6.07) is 21.9. The normalized spacial score (nSPS) is 18.2. The van der Waals surface area contributed by atoms with Gasteiger partial charge in [0, 0.05) is 53.3 Å². The number of nitrogens with one attached hydrogen (secondary N) is 2. The smallest absolute Gasteiger partial charge is 0.351 e. The van der Waals surface area contributed by atoms with Crippen molar-refractivity contribution in [1.82, 2.24) is 29.7 Å². The summed E-state index contributed by atoms with van der Waals surface area (Å²) in [5.41, 5.74) is 5.09. The van der Waals surface area contributed by atoms with Crippen LogP contribution >= 0.6 is 31.9 Å². The molecule has 3 amide bonds. The number of fused-ring (bicyclic) bond motifs is 2. The average molecular weight is 794 g/mol. The number of benzene rings is 3. The Kier molecular flexibility index (Phi) is 10.8. The number of nitrogens with zero attached hydrogens (tertiary/aromatic N) is 5. The van der Waals surface area contributed by atoms with Crippen molar-refractivity contribution in [1.29, 1.82) is 0 Å². The molecule has 4 heterocycles. The fourth-order valence-corrected chi connectivity index (χ4v) is 8.10. The van der Waals surface area contributed by atoms with Crippen LogP contribution in [0.1, 0.15) is 55.1 Å². The number of anilines is 1. The molecule has 0 spiro atoms. The van der Waals surface area contributed by atoms with E-state index in [9.17, 15) is 9.59 Å². The molecule has 2 saturated heterocycles. The first-order valence-electron chi connectivity index (χ1n) is 17.4. The predicted molar refractivity (Wildman–Crippen MR) is 198 cm³/mol. The zero-order valence-corrected chi connectivity index (χ0v) is 30.8. The van der Waals surface area contributed by atoms with Gasteiger partial charge in [0.2, 0.25) is 0 Å². The maximum absolute atomic E-state index is 13.6. The van der Waals surface area contributed by atoms with E-state index in [0.29, 0.717) is 26.1 Å². The highest BCUT2D eigenvalue weighted by molar-refractivity contribution is 9.13. The van der Waals surface area contributed by atoms with Gasteiger partial charge in [0.05, 0.1) is 17.1 Å². The minimum Gasteiger partial charge on any atom is -0.351 e. The first-order valence-corrected chi connectivity index (χ1v) is 19.0. The largest absolute Gasteiger partial charge is 0.426 e. The molecule has 0 aliphatic carbocycles. The van der Waals surface area contributed by atoms with Crippen LogP contribution in [0.3, 0.4) is 0 Å². The Morgan fingerprint density at radius 3 is 2.53 bits per heavy atom. The zero-order chi connectivity index (χ0) is 33.7. The van der Waals surface area contributed by atoms with Crippen molar-refractivity contribution in [2.75, 3.05) is 44.6 Å². The standard InChI is InChI=1S/C37H43Br2N7O3/c38-29-13-12-26(24-30(29)39)25-33(35-40-32-10-3-4-11-34(32)46(35)20-7-19-43-17-5-6-18-43)42-37(48)49-44-21-15-28(16-22-44)45-23-14-27-8-1-2-9-31(27)41-36(45)47/h1-4,8-13,24,28,33H,5-7,14-23,25H2,(H,41,47)(H,42,48). The van der Waals surface area contributed by atoms with E-state index in [4.69, 9.17) is 9.82 Å². The van der Waals surface area contributed by atoms with Crippen molar-refractivity contribution in [2.45, 2.75) is 63.6 Å². The summed E-state index contributed by atoms with van der Waals surface area (Å²) >= 11 is 7.23. The molecule has 2 fully saturated rings. The van der Waals surface area contributed by atoms with Gasteiger partial charge >= 0.3 is 12.1 Å². The number of carbonyl (C=O) groups excluding carboxylic acids is 2. The van der Waals surface area contributed by atoms with Gasteiger partial charge in [-0.1, -0.05) is 36.4 Å². The summed E-state index contributed by atoms with van der Waals surface area (Å²) in [7, 11) is 0. The van der Waals surface area contributed by atoms with Crippen molar-refractivity contribution < 1.29 is 14.4 Å². The lowest BCUT2D eigenvalue weighted by Gasteiger charge is -2.37. The Morgan fingerprint density at radius 1 is 0.939 bits per heavy atom. The van der Waals surface area contributed by atoms with Gasteiger partial charge in [-0.15, -0.1) is 5.06 Å². The van der Waals surface area contributed by atoms with Crippen LogP contribution < -0.4 is 10.6 Å². The quantitative estimate of drug-likeness (QED) is 0.173. The summed E-state index contributed by atoms with van der Waals surface area (Å²) in [6.45, 7) is 5.97. The van der Waals surface area contributed by atoms with Gasteiger partial charge in [-0.3, -0.25) is 0 Å². The van der Waals surface area contributed by atoms with Gasteiger partial charge in [-0.05, 0) is 131 Å². The van der Waals surface area contributed by atoms with Crippen LogP contribution in [0.15, 0.2) is 75.7 Å². The molecular weight excluding hydrogens is 750 g/mol. The van der Waals surface area contributed by atoms with Crippen molar-refractivity contribution in [3.8, 4) is 0 Å². The topological polar surface area (TPSA) is 95.0 Å². The number of aromatic nitrogens is 2. The number of para-hydroxylation sites is 3. The number of aryl methyl sites for hydroxylation is 1. The van der Waals surface area contributed by atoms with Gasteiger partial charge < -0.3 is 29.8 Å². The molecule has 0 bridgehead atoms. The van der Waals surface area contributed by atoms with Crippen LogP contribution in [0.4, 0.5) is 15.3 Å². The van der Waals surface area contributed by atoms with Gasteiger partial charge in [-0.2, -0.15) is 0 Å². The molecule has 0 radical (unpaired) electrons. The Hall–Kier alpha value is -3.45. The average Bonchev–Trinajstić information content (AvgIpc) is 3.72. The Labute approximate surface area is 304 Å². The predicted octanol–water partition coefficient (Wildman–Crippen LogP) is 7.53. The van der Waals surface area contributed by atoms with Gasteiger partial charge in [0.15, 0.2) is 0 Å². The number of urea groups is 1. The molecule has 2 N–H and O–H groups in total. The van der Waals surface area contributed by atoms with E-state index < -0.39 is 12.1 Å². The summed E-state index contributed by atoms with van der Waals surface area (Å²) in [5, 5.41) is 8.00. The second-order valence-electron chi connectivity index (χ2n) is 13.2. The lowest BCUT2D eigenvalue weighted by molar-refractivity contribution is -0.120. The minimum absolute atomic E-state index is 0.0622. The number of amides is 3. The summed E-state index contributed by atoms with van der Waals surface area (Å²) in [6.07, 6.45) is 5.86. The monoisotopic (exact) mass is 791 g/mol. The molecule has 258 valence electrons. The van der Waals surface area contributed by atoms with Crippen molar-refractivity contribution in [3.05, 3.63) is 92.6 Å². The molecule has 3 aliphatic heterocycles. The number of hydrogen-bond acceptors (Lipinski definition) is 6. The van der Waals surface area contributed by atoms with E-state index in [1.807, 2.05) is 47.4 Å². The van der Waals surface area contributed by atoms with E-state index in [2.05, 4.69) is 76.2 Å². The van der Waals surface area contributed by atoms with E-state index in [1.54, 1.807) is 5.06 Å². The van der Waals surface area contributed by atoms with Crippen LogP contribution in [0, 0.1) is 0 Å². The number of likely N-dealkylation sites (tertiary alicyclic amines) is 1. The molecule has 4 aromatic rings. The highest BCUT2D eigenvalue weighted by atomic mass is 79.9. The molecule has 1 aromatic heterocycles. The zero-order valence-electron chi connectivity index (χ0n) is 27.6. The van der Waals surface area contributed by atoms with Crippen molar-refractivity contribution in [3.63, 3.8) is 0 Å². The third-order valence-corrected chi connectivity index (χ3v) is 11.9. The lowest BCUT2D eigenvalue weighted by Crippen LogP contribution is -2.49. The Balaban J connectivity index is 1.04. The summed E-state index contributed by atoms with van der Waals surface area (Å²) < 4.78 is 4.20. The van der Waals surface area contributed by atoms with E-state index >= 15 is 0 Å². The maximum Gasteiger partial charge on any atom is 0.426 e. The van der Waals surface area contributed by atoms with Crippen LogP contribution in [-0.2, 0) is 24.2 Å². The summed E-state index contributed by atoms with van der Waals surface area (Å²) in [5.74, 6) is 0.825. The highest BCUT2D eigenvalue weighted by Gasteiger charge is 2.32. The molecule has 3 aliphatic rings. The fraction of sp³-hybridized carbons (Fsp3) is 0.432. The van der Waals surface area contributed by atoms with Gasteiger partial charge in [0.1, 0.15) is 5.82 Å². The minimum atomic E-state index is -0.502. The van der Waals surface area contributed by atoms with E-state index in [0.717, 1.165) is 81.4 Å². The van der Waals surface area contributed by atoms with Crippen LogP contribution in [0.5, 0.6) is 0 Å². The number of carbonyl (C=O) groups is 2. The molecule has 10 nitrogen and oxygen atoms in total. The van der Waals surface area contributed by atoms with Crippen LogP contribution in [0.25, 0.3) is 11.0 Å². The number of hydroxylamine groups is 2. The Bertz CT molecular complexity index is 1780. The SMILES string of the molecule is O=C(NC(Cc1ccc(Br)c(Br)c1)c1nc2ccccc2n1CCCN1CCCC1)ON1CCC(N2CCc3ccccc3NC2=O)CC1. The second kappa shape index (κ2) is 15.6. The third kappa shape index (κ3) is 8.14.